The van der Waals surface area contributed by atoms with E-state index in [9.17, 15) is 9.59 Å². The highest BCUT2D eigenvalue weighted by Gasteiger charge is 2.26. The van der Waals surface area contributed by atoms with Crippen LogP contribution in [0, 0.1) is 13.8 Å². The zero-order valence-corrected chi connectivity index (χ0v) is 17.7. The van der Waals surface area contributed by atoms with Crippen LogP contribution in [0.2, 0.25) is 0 Å². The van der Waals surface area contributed by atoms with Gasteiger partial charge in [0.15, 0.2) is 0 Å². The van der Waals surface area contributed by atoms with E-state index in [0.29, 0.717) is 24.2 Å². The van der Waals surface area contributed by atoms with Gasteiger partial charge in [0.2, 0.25) is 5.91 Å². The second-order valence-electron chi connectivity index (χ2n) is 7.55. The molecule has 160 valence electrons. The molecule has 0 saturated heterocycles. The Balaban J connectivity index is 1.40. The van der Waals surface area contributed by atoms with Crippen LogP contribution in [0.5, 0.6) is 5.75 Å². The number of para-hydroxylation sites is 1. The van der Waals surface area contributed by atoms with Crippen molar-refractivity contribution in [3.63, 3.8) is 0 Å². The Kier molecular flexibility index (Phi) is 5.70. The maximum atomic E-state index is 12.3. The highest BCUT2D eigenvalue weighted by atomic mass is 16.5. The van der Waals surface area contributed by atoms with Gasteiger partial charge in [0, 0.05) is 23.9 Å². The molecule has 0 fully saturated rings. The normalized spacial score (nSPS) is 14.6. The summed E-state index contributed by atoms with van der Waals surface area (Å²) in [5.74, 6) is 0.231. The number of amides is 1. The van der Waals surface area contributed by atoms with Crippen molar-refractivity contribution in [1.29, 1.82) is 0 Å². The summed E-state index contributed by atoms with van der Waals surface area (Å²) in [5, 5.41) is 7.26. The van der Waals surface area contributed by atoms with E-state index < -0.39 is 5.97 Å². The van der Waals surface area contributed by atoms with Crippen molar-refractivity contribution >= 4 is 11.9 Å². The molecule has 8 heteroatoms. The summed E-state index contributed by atoms with van der Waals surface area (Å²) < 4.78 is 12.6. The number of hydrogen-bond acceptors (Lipinski definition) is 6. The predicted octanol–water partition coefficient (Wildman–Crippen LogP) is 2.47. The van der Waals surface area contributed by atoms with Crippen LogP contribution in [-0.2, 0) is 22.5 Å². The van der Waals surface area contributed by atoms with Gasteiger partial charge in [-0.25, -0.2) is 4.79 Å². The molecule has 8 nitrogen and oxygen atoms in total. The van der Waals surface area contributed by atoms with Crippen LogP contribution in [-0.4, -0.2) is 46.4 Å². The van der Waals surface area contributed by atoms with E-state index in [1.165, 1.54) is 13.3 Å². The number of methoxy groups -OCH3 is 1. The van der Waals surface area contributed by atoms with Crippen molar-refractivity contribution < 1.29 is 19.1 Å². The Hall–Kier alpha value is -3.68. The smallest absolute Gasteiger partial charge is 0.339 e. The number of fused-ring (bicyclic) bond motifs is 1. The number of hydrogen-bond donors (Lipinski definition) is 1. The van der Waals surface area contributed by atoms with Crippen LogP contribution < -0.4 is 10.1 Å². The Labute approximate surface area is 180 Å². The van der Waals surface area contributed by atoms with Crippen molar-refractivity contribution in [3.05, 3.63) is 65.1 Å². The first kappa shape index (κ1) is 20.6. The lowest BCUT2D eigenvalue weighted by Crippen LogP contribution is -2.36. The number of aromatic nitrogens is 3. The minimum absolute atomic E-state index is 0.106. The van der Waals surface area contributed by atoms with Crippen LogP contribution in [0.15, 0.2) is 42.6 Å². The van der Waals surface area contributed by atoms with Crippen molar-refractivity contribution in [3.8, 4) is 17.0 Å². The highest BCUT2D eigenvalue weighted by Crippen LogP contribution is 2.37. The van der Waals surface area contributed by atoms with E-state index in [1.807, 2.05) is 38.1 Å². The number of nitrogens with zero attached hydrogens (tertiary/aromatic N) is 3. The third-order valence-corrected chi connectivity index (χ3v) is 5.21. The fraction of sp³-hybridized carbons (Fsp3) is 0.304. The maximum Gasteiger partial charge on any atom is 0.339 e. The van der Waals surface area contributed by atoms with Gasteiger partial charge in [-0.1, -0.05) is 12.1 Å². The molecule has 1 atom stereocenters. The first-order valence-electron chi connectivity index (χ1n) is 10.1. The van der Waals surface area contributed by atoms with E-state index in [-0.39, 0.29) is 18.6 Å². The van der Waals surface area contributed by atoms with Gasteiger partial charge in [0.05, 0.1) is 30.6 Å². The van der Waals surface area contributed by atoms with Crippen LogP contribution in [0.3, 0.4) is 0 Å². The Morgan fingerprint density at radius 2 is 2.10 bits per heavy atom. The summed E-state index contributed by atoms with van der Waals surface area (Å²) in [6.07, 6.45) is 2.03. The lowest BCUT2D eigenvalue weighted by molar-refractivity contribution is -0.122. The number of ether oxygens (including phenoxy) is 2. The van der Waals surface area contributed by atoms with Crippen molar-refractivity contribution in [1.82, 2.24) is 20.1 Å². The molecule has 3 heterocycles. The molecule has 3 aromatic rings. The van der Waals surface area contributed by atoms with Gasteiger partial charge in [-0.3, -0.25) is 14.5 Å². The maximum absolute atomic E-state index is 12.3. The van der Waals surface area contributed by atoms with Crippen molar-refractivity contribution in [2.75, 3.05) is 13.7 Å². The van der Waals surface area contributed by atoms with Crippen LogP contribution >= 0.6 is 0 Å². The molecule has 0 aliphatic carbocycles. The van der Waals surface area contributed by atoms with Gasteiger partial charge in [0.25, 0.3) is 0 Å². The third-order valence-electron chi connectivity index (χ3n) is 5.21. The Bertz CT molecular complexity index is 1120. The molecule has 0 saturated carbocycles. The molecular weight excluding hydrogens is 396 g/mol. The number of nitrogens with one attached hydrogen (secondary N) is 1. The van der Waals surface area contributed by atoms with Gasteiger partial charge in [-0.05, 0) is 43.7 Å². The molecule has 1 N–H and O–H groups in total. The van der Waals surface area contributed by atoms with Gasteiger partial charge in [-0.2, -0.15) is 5.10 Å². The van der Waals surface area contributed by atoms with Crippen LogP contribution in [0.4, 0.5) is 0 Å². The molecule has 1 amide bonds. The summed E-state index contributed by atoms with van der Waals surface area (Å²) in [5.41, 5.74) is 4.86. The lowest BCUT2D eigenvalue weighted by Gasteiger charge is -2.14. The van der Waals surface area contributed by atoms with Gasteiger partial charge in [-0.15, -0.1) is 0 Å². The summed E-state index contributed by atoms with van der Waals surface area (Å²) in [6.45, 7) is 4.42. The third kappa shape index (κ3) is 4.42. The average molecular weight is 420 g/mol. The molecular formula is C23H24N4O4. The van der Waals surface area contributed by atoms with E-state index in [2.05, 4.69) is 15.4 Å². The first-order valence-corrected chi connectivity index (χ1v) is 10.1. The molecule has 1 aliphatic rings. The van der Waals surface area contributed by atoms with E-state index in [4.69, 9.17) is 9.47 Å². The number of carbonyl (C=O) groups is 2. The van der Waals surface area contributed by atoms with E-state index in [0.717, 1.165) is 28.3 Å². The minimum Gasteiger partial charge on any atom is -0.487 e. The molecule has 1 aliphatic heterocycles. The second kappa shape index (κ2) is 8.59. The number of aryl methyl sites for hydroxylation is 2. The summed E-state index contributed by atoms with van der Waals surface area (Å²) >= 11 is 0. The van der Waals surface area contributed by atoms with Gasteiger partial charge in [0.1, 0.15) is 18.4 Å². The first-order chi connectivity index (χ1) is 14.9. The molecule has 0 bridgehead atoms. The van der Waals surface area contributed by atoms with Crippen LogP contribution in [0.25, 0.3) is 11.3 Å². The Morgan fingerprint density at radius 3 is 2.77 bits per heavy atom. The monoisotopic (exact) mass is 420 g/mol. The van der Waals surface area contributed by atoms with Crippen molar-refractivity contribution in [2.24, 2.45) is 0 Å². The number of pyridine rings is 1. The van der Waals surface area contributed by atoms with Crippen LogP contribution in [0.1, 0.15) is 27.3 Å². The second-order valence-corrected chi connectivity index (χ2v) is 7.55. The fourth-order valence-corrected chi connectivity index (χ4v) is 3.70. The Morgan fingerprint density at radius 1 is 1.26 bits per heavy atom. The summed E-state index contributed by atoms with van der Waals surface area (Å²) in [7, 11) is 1.34. The number of esters is 1. The molecule has 2 aromatic heterocycles. The fourth-order valence-electron chi connectivity index (χ4n) is 3.70. The molecule has 1 unspecified atom stereocenters. The summed E-state index contributed by atoms with van der Waals surface area (Å²) in [4.78, 5) is 28.3. The molecule has 1 aromatic carbocycles. The number of benzene rings is 1. The minimum atomic E-state index is -0.426. The lowest BCUT2D eigenvalue weighted by atomic mass is 10.0. The SMILES string of the molecule is COC(=O)c1ccc(-c2cccc3c2OC(CNC(=O)Cn2nc(C)cc2C)C3)nc1. The summed E-state index contributed by atoms with van der Waals surface area (Å²) in [6, 6.07) is 11.3. The molecule has 31 heavy (non-hydrogen) atoms. The number of rotatable bonds is 6. The number of carbonyl (C=O) groups excluding carboxylic acids is 2. The highest BCUT2D eigenvalue weighted by molar-refractivity contribution is 5.89. The largest absolute Gasteiger partial charge is 0.487 e. The standard InChI is InChI=1S/C23H24N4O4/c1-14-9-15(2)27(26-14)13-21(28)25-12-18-10-16-5-4-6-19(22(16)31-18)20-8-7-17(11-24-20)23(29)30-3/h4-9,11,18H,10,12-13H2,1-3H3,(H,25,28). The zero-order chi connectivity index (χ0) is 22.0. The molecule has 0 radical (unpaired) electrons. The zero-order valence-electron chi connectivity index (χ0n) is 17.7. The molecule has 0 spiro atoms. The quantitative estimate of drug-likeness (QED) is 0.616. The molecule has 4 rings (SSSR count). The van der Waals surface area contributed by atoms with E-state index >= 15 is 0 Å². The van der Waals surface area contributed by atoms with Crippen molar-refractivity contribution in [2.45, 2.75) is 32.9 Å². The topological polar surface area (TPSA) is 95.3 Å². The predicted molar refractivity (Wildman–Crippen MR) is 114 cm³/mol. The van der Waals surface area contributed by atoms with Gasteiger partial charge >= 0.3 is 5.97 Å². The van der Waals surface area contributed by atoms with E-state index in [1.54, 1.807) is 16.8 Å². The van der Waals surface area contributed by atoms with Gasteiger partial charge < -0.3 is 14.8 Å². The average Bonchev–Trinajstić information content (AvgIpc) is 3.33.